The lowest BCUT2D eigenvalue weighted by atomic mass is 9.91. The first-order valence-corrected chi connectivity index (χ1v) is 12.5. The summed E-state index contributed by atoms with van der Waals surface area (Å²) < 4.78 is 47.4. The van der Waals surface area contributed by atoms with Gasteiger partial charge in [0.15, 0.2) is 6.10 Å². The van der Waals surface area contributed by atoms with Crippen LogP contribution in [0, 0.1) is 0 Å². The molecule has 0 aliphatic heterocycles. The van der Waals surface area contributed by atoms with Crippen molar-refractivity contribution in [2.75, 3.05) is 0 Å². The SMILES string of the molecule is O=C(O)C(O)c1ccc(OCc2cccc(-c3c(Cc4ccccc4)cnc4c(C(F)(F)F)cccc34)c2)cc1. The molecule has 0 saturated heterocycles. The fourth-order valence-electron chi connectivity index (χ4n) is 4.66. The number of hydrogen-bond donors (Lipinski definition) is 2. The quantitative estimate of drug-likeness (QED) is 0.216. The van der Waals surface area contributed by atoms with Gasteiger partial charge in [0.25, 0.3) is 0 Å². The molecule has 1 atom stereocenters. The zero-order valence-corrected chi connectivity index (χ0v) is 21.1. The number of carboxylic acid groups (broad SMARTS) is 1. The van der Waals surface area contributed by atoms with Gasteiger partial charge in [0.1, 0.15) is 12.4 Å². The molecule has 0 aliphatic rings. The first-order valence-electron chi connectivity index (χ1n) is 12.5. The molecule has 5 aromatic rings. The Morgan fingerprint density at radius 3 is 2.27 bits per heavy atom. The first kappa shape index (κ1) is 26.9. The number of carbonyl (C=O) groups is 1. The first-order chi connectivity index (χ1) is 19.2. The standard InChI is InChI=1S/C32H24F3NO4/c33-32(34,35)27-11-5-10-26-28(24(18-36-29(26)27)16-20-6-2-1-3-7-20)23-9-4-8-21(17-23)19-40-25-14-12-22(13-15-25)30(37)31(38)39/h1-15,17-18,30,37H,16,19H2,(H,38,39). The predicted octanol–water partition coefficient (Wildman–Crippen LogP) is 7.21. The number of rotatable bonds is 8. The minimum Gasteiger partial charge on any atom is -0.489 e. The summed E-state index contributed by atoms with van der Waals surface area (Å²) in [5.41, 5.74) is 3.34. The summed E-state index contributed by atoms with van der Waals surface area (Å²) >= 11 is 0. The number of halogens is 3. The fourth-order valence-corrected chi connectivity index (χ4v) is 4.66. The van der Waals surface area contributed by atoms with E-state index >= 15 is 0 Å². The van der Waals surface area contributed by atoms with Crippen LogP contribution in [-0.4, -0.2) is 21.2 Å². The number of aliphatic hydroxyl groups excluding tert-OH is 1. The summed E-state index contributed by atoms with van der Waals surface area (Å²) in [5, 5.41) is 19.1. The van der Waals surface area contributed by atoms with Crippen molar-refractivity contribution in [3.8, 4) is 16.9 Å². The fraction of sp³-hybridized carbons (Fsp3) is 0.125. The summed E-state index contributed by atoms with van der Waals surface area (Å²) in [6.45, 7) is 0.166. The van der Waals surface area contributed by atoms with E-state index in [1.165, 1.54) is 24.4 Å². The molecule has 5 rings (SSSR count). The maximum Gasteiger partial charge on any atom is 0.418 e. The lowest BCUT2D eigenvalue weighted by Crippen LogP contribution is -2.10. The number of fused-ring (bicyclic) bond motifs is 1. The van der Waals surface area contributed by atoms with Gasteiger partial charge in [-0.05, 0) is 64.1 Å². The van der Waals surface area contributed by atoms with E-state index in [1.807, 2.05) is 54.6 Å². The van der Waals surface area contributed by atoms with Gasteiger partial charge in [-0.25, -0.2) is 4.79 Å². The van der Waals surface area contributed by atoms with E-state index in [4.69, 9.17) is 9.84 Å². The third-order valence-corrected chi connectivity index (χ3v) is 6.57. The molecule has 0 saturated carbocycles. The van der Waals surface area contributed by atoms with Gasteiger partial charge in [-0.1, -0.05) is 72.8 Å². The lowest BCUT2D eigenvalue weighted by Gasteiger charge is -2.17. The zero-order valence-electron chi connectivity index (χ0n) is 21.1. The van der Waals surface area contributed by atoms with Crippen molar-refractivity contribution in [3.05, 3.63) is 131 Å². The molecular formula is C32H24F3NO4. The molecule has 2 N–H and O–H groups in total. The normalized spacial score (nSPS) is 12.3. The largest absolute Gasteiger partial charge is 0.489 e. The van der Waals surface area contributed by atoms with Crippen molar-refractivity contribution in [2.24, 2.45) is 0 Å². The Morgan fingerprint density at radius 1 is 0.875 bits per heavy atom. The molecule has 4 aromatic carbocycles. The monoisotopic (exact) mass is 543 g/mol. The van der Waals surface area contributed by atoms with Crippen LogP contribution in [0.2, 0.25) is 0 Å². The maximum atomic E-state index is 13.8. The van der Waals surface area contributed by atoms with Crippen LogP contribution >= 0.6 is 0 Å². The number of benzene rings is 4. The average Bonchev–Trinajstić information content (AvgIpc) is 2.95. The second-order valence-electron chi connectivity index (χ2n) is 9.32. The van der Waals surface area contributed by atoms with Crippen LogP contribution in [0.5, 0.6) is 5.75 Å². The van der Waals surface area contributed by atoms with Crippen LogP contribution in [0.25, 0.3) is 22.0 Å². The highest BCUT2D eigenvalue weighted by Gasteiger charge is 2.33. The van der Waals surface area contributed by atoms with Crippen molar-refractivity contribution >= 4 is 16.9 Å². The van der Waals surface area contributed by atoms with Crippen molar-refractivity contribution in [2.45, 2.75) is 25.3 Å². The third-order valence-electron chi connectivity index (χ3n) is 6.57. The van der Waals surface area contributed by atoms with Gasteiger partial charge >= 0.3 is 12.1 Å². The molecule has 0 radical (unpaired) electrons. The summed E-state index contributed by atoms with van der Waals surface area (Å²) in [6.07, 6.45) is -4.15. The molecule has 0 amide bonds. The summed E-state index contributed by atoms with van der Waals surface area (Å²) in [5.74, 6) is -0.871. The van der Waals surface area contributed by atoms with Gasteiger partial charge in [0.2, 0.25) is 0 Å². The Bertz CT molecular complexity index is 1650. The van der Waals surface area contributed by atoms with E-state index in [9.17, 15) is 23.1 Å². The summed E-state index contributed by atoms with van der Waals surface area (Å²) in [4.78, 5) is 15.2. The molecule has 0 spiro atoms. The van der Waals surface area contributed by atoms with Gasteiger partial charge in [0, 0.05) is 11.6 Å². The number of ether oxygens (including phenoxy) is 1. The Kier molecular flexibility index (Phi) is 7.53. The maximum absolute atomic E-state index is 13.8. The molecule has 0 fully saturated rings. The molecule has 1 unspecified atom stereocenters. The van der Waals surface area contributed by atoms with Gasteiger partial charge in [-0.15, -0.1) is 0 Å². The van der Waals surface area contributed by atoms with Gasteiger partial charge < -0.3 is 14.9 Å². The van der Waals surface area contributed by atoms with Crippen LogP contribution in [0.3, 0.4) is 0 Å². The number of aliphatic hydroxyl groups is 1. The molecule has 1 aromatic heterocycles. The molecule has 5 nitrogen and oxygen atoms in total. The number of nitrogens with zero attached hydrogens (tertiary/aromatic N) is 1. The van der Waals surface area contributed by atoms with Gasteiger partial charge in [-0.3, -0.25) is 4.98 Å². The Balaban J connectivity index is 1.51. The van der Waals surface area contributed by atoms with Crippen LogP contribution in [0.4, 0.5) is 13.2 Å². The lowest BCUT2D eigenvalue weighted by molar-refractivity contribution is -0.147. The Labute approximate surface area is 228 Å². The number of pyridine rings is 1. The number of carboxylic acids is 1. The highest BCUT2D eigenvalue weighted by molar-refractivity contribution is 5.98. The van der Waals surface area contributed by atoms with Crippen LogP contribution in [0.15, 0.2) is 103 Å². The second kappa shape index (κ2) is 11.2. The van der Waals surface area contributed by atoms with Crippen molar-refractivity contribution in [1.82, 2.24) is 4.98 Å². The number of aliphatic carboxylic acids is 1. The summed E-state index contributed by atoms with van der Waals surface area (Å²) in [6, 6.07) is 27.3. The molecular weight excluding hydrogens is 519 g/mol. The van der Waals surface area contributed by atoms with Crippen LogP contribution < -0.4 is 4.74 Å². The molecule has 1 heterocycles. The minimum absolute atomic E-state index is 0.105. The van der Waals surface area contributed by atoms with E-state index in [-0.39, 0.29) is 17.7 Å². The van der Waals surface area contributed by atoms with Crippen LogP contribution in [0.1, 0.15) is 33.9 Å². The van der Waals surface area contributed by atoms with Crippen molar-refractivity contribution in [1.29, 1.82) is 0 Å². The Hall–Kier alpha value is -4.69. The second-order valence-corrected chi connectivity index (χ2v) is 9.32. The number of alkyl halides is 3. The molecule has 202 valence electrons. The van der Waals surface area contributed by atoms with E-state index in [1.54, 1.807) is 18.2 Å². The van der Waals surface area contributed by atoms with Crippen molar-refractivity contribution in [3.63, 3.8) is 0 Å². The number of aromatic nitrogens is 1. The number of para-hydroxylation sites is 1. The predicted molar refractivity (Wildman–Crippen MR) is 145 cm³/mol. The average molecular weight is 544 g/mol. The summed E-state index contributed by atoms with van der Waals surface area (Å²) in [7, 11) is 0. The van der Waals surface area contributed by atoms with Gasteiger partial charge in [-0.2, -0.15) is 13.2 Å². The van der Waals surface area contributed by atoms with Gasteiger partial charge in [0.05, 0.1) is 11.1 Å². The molecule has 0 aliphatic carbocycles. The molecule has 40 heavy (non-hydrogen) atoms. The third kappa shape index (κ3) is 5.82. The molecule has 8 heteroatoms. The van der Waals surface area contributed by atoms with E-state index in [2.05, 4.69) is 4.98 Å². The van der Waals surface area contributed by atoms with E-state index in [0.717, 1.165) is 28.3 Å². The van der Waals surface area contributed by atoms with Crippen molar-refractivity contribution < 1.29 is 32.9 Å². The van der Waals surface area contributed by atoms with E-state index in [0.29, 0.717) is 23.1 Å². The smallest absolute Gasteiger partial charge is 0.418 e. The highest BCUT2D eigenvalue weighted by Crippen LogP contribution is 2.39. The Morgan fingerprint density at radius 2 is 1.57 bits per heavy atom. The zero-order chi connectivity index (χ0) is 28.3. The highest BCUT2D eigenvalue weighted by atomic mass is 19.4. The number of hydrogen-bond acceptors (Lipinski definition) is 4. The molecule has 0 bridgehead atoms. The van der Waals surface area contributed by atoms with E-state index < -0.39 is 23.8 Å². The minimum atomic E-state index is -4.55. The van der Waals surface area contributed by atoms with Crippen LogP contribution in [-0.2, 0) is 24.0 Å². The topological polar surface area (TPSA) is 79.7 Å².